The minimum absolute atomic E-state index is 0.0523. The van der Waals surface area contributed by atoms with E-state index in [0.717, 1.165) is 12.8 Å². The molecule has 1 aromatic rings. The van der Waals surface area contributed by atoms with E-state index in [9.17, 15) is 14.4 Å². The van der Waals surface area contributed by atoms with Gasteiger partial charge in [0.1, 0.15) is 5.75 Å². The van der Waals surface area contributed by atoms with Crippen LogP contribution in [0.15, 0.2) is 24.3 Å². The minimum Gasteiger partial charge on any atom is -0.497 e. The SMILES string of the molecule is COc1ccc(C(=O)[C@@H]2CCCN2C(=O)CNC(=O)CCC(C)C)cc1. The molecule has 0 bridgehead atoms. The molecule has 1 aliphatic heterocycles. The Hall–Kier alpha value is -2.37. The summed E-state index contributed by atoms with van der Waals surface area (Å²) in [7, 11) is 1.57. The van der Waals surface area contributed by atoms with Gasteiger partial charge in [0.2, 0.25) is 11.8 Å². The van der Waals surface area contributed by atoms with Crippen molar-refractivity contribution in [2.75, 3.05) is 20.2 Å². The third-order valence-corrected chi connectivity index (χ3v) is 4.64. The number of hydrogen-bond acceptors (Lipinski definition) is 4. The first-order valence-electron chi connectivity index (χ1n) is 9.16. The zero-order valence-corrected chi connectivity index (χ0v) is 15.8. The van der Waals surface area contributed by atoms with Gasteiger partial charge >= 0.3 is 0 Å². The maximum absolute atomic E-state index is 12.8. The molecule has 1 heterocycles. The van der Waals surface area contributed by atoms with Gasteiger partial charge in [-0.3, -0.25) is 14.4 Å². The molecule has 0 spiro atoms. The van der Waals surface area contributed by atoms with Gasteiger partial charge in [0.05, 0.1) is 19.7 Å². The molecule has 1 fully saturated rings. The second-order valence-electron chi connectivity index (χ2n) is 7.05. The number of carbonyl (C=O) groups is 3. The van der Waals surface area contributed by atoms with Crippen molar-refractivity contribution < 1.29 is 19.1 Å². The Morgan fingerprint density at radius 1 is 1.23 bits per heavy atom. The van der Waals surface area contributed by atoms with Crippen LogP contribution in [0.2, 0.25) is 0 Å². The van der Waals surface area contributed by atoms with Gasteiger partial charge in [-0.1, -0.05) is 13.8 Å². The molecular weight excluding hydrogens is 332 g/mol. The lowest BCUT2D eigenvalue weighted by molar-refractivity contribution is -0.133. The van der Waals surface area contributed by atoms with E-state index in [2.05, 4.69) is 19.2 Å². The summed E-state index contributed by atoms with van der Waals surface area (Å²) < 4.78 is 5.11. The zero-order valence-electron chi connectivity index (χ0n) is 15.8. The number of benzene rings is 1. The number of rotatable bonds is 8. The maximum atomic E-state index is 12.8. The number of Topliss-reactive ketones (excluding diaryl/α,β-unsaturated/α-hetero) is 1. The van der Waals surface area contributed by atoms with E-state index < -0.39 is 6.04 Å². The highest BCUT2D eigenvalue weighted by Gasteiger charge is 2.34. The van der Waals surface area contributed by atoms with E-state index in [-0.39, 0.29) is 24.1 Å². The quantitative estimate of drug-likeness (QED) is 0.723. The number of ether oxygens (including phenoxy) is 1. The summed E-state index contributed by atoms with van der Waals surface area (Å²) in [6.45, 7) is 4.60. The van der Waals surface area contributed by atoms with Gasteiger partial charge in [0, 0.05) is 18.5 Å². The van der Waals surface area contributed by atoms with E-state index in [1.165, 1.54) is 0 Å². The first kappa shape index (κ1) is 19.9. The number of likely N-dealkylation sites (tertiary alicyclic amines) is 1. The number of ketones is 1. The predicted molar refractivity (Wildman–Crippen MR) is 99.1 cm³/mol. The van der Waals surface area contributed by atoms with Crippen LogP contribution in [0, 0.1) is 5.92 Å². The molecule has 0 saturated carbocycles. The van der Waals surface area contributed by atoms with E-state index in [0.29, 0.717) is 36.6 Å². The zero-order chi connectivity index (χ0) is 19.1. The van der Waals surface area contributed by atoms with E-state index in [4.69, 9.17) is 4.74 Å². The molecule has 2 amide bonds. The summed E-state index contributed by atoms with van der Waals surface area (Å²) in [5.41, 5.74) is 0.566. The highest BCUT2D eigenvalue weighted by atomic mass is 16.5. The van der Waals surface area contributed by atoms with Crippen molar-refractivity contribution in [3.8, 4) is 5.75 Å². The highest BCUT2D eigenvalue weighted by molar-refractivity contribution is 6.02. The second kappa shape index (κ2) is 9.36. The Balaban J connectivity index is 1.92. The lowest BCUT2D eigenvalue weighted by Gasteiger charge is -2.24. The molecule has 0 aliphatic carbocycles. The Morgan fingerprint density at radius 3 is 2.54 bits per heavy atom. The molecule has 0 radical (unpaired) electrons. The predicted octanol–water partition coefficient (Wildman–Crippen LogP) is 2.42. The number of hydrogen-bond donors (Lipinski definition) is 1. The Bertz CT molecular complexity index is 640. The highest BCUT2D eigenvalue weighted by Crippen LogP contribution is 2.22. The third-order valence-electron chi connectivity index (χ3n) is 4.64. The number of methoxy groups -OCH3 is 1. The second-order valence-corrected chi connectivity index (χ2v) is 7.05. The van der Waals surface area contributed by atoms with Crippen molar-refractivity contribution >= 4 is 17.6 Å². The maximum Gasteiger partial charge on any atom is 0.242 e. The summed E-state index contributed by atoms with van der Waals surface area (Å²) in [6, 6.07) is 6.46. The summed E-state index contributed by atoms with van der Waals surface area (Å²) in [5, 5.41) is 2.67. The normalized spacial score (nSPS) is 16.6. The van der Waals surface area contributed by atoms with Gasteiger partial charge in [0.15, 0.2) is 5.78 Å². The number of amides is 2. The molecule has 2 rings (SSSR count). The lowest BCUT2D eigenvalue weighted by Crippen LogP contribution is -2.45. The van der Waals surface area contributed by atoms with Crippen LogP contribution < -0.4 is 10.1 Å². The summed E-state index contributed by atoms with van der Waals surface area (Å²) in [6.07, 6.45) is 2.65. The Labute approximate surface area is 154 Å². The van der Waals surface area contributed by atoms with E-state index in [1.54, 1.807) is 36.3 Å². The first-order valence-corrected chi connectivity index (χ1v) is 9.16. The van der Waals surface area contributed by atoms with Crippen LogP contribution in [-0.2, 0) is 9.59 Å². The van der Waals surface area contributed by atoms with Crippen LogP contribution in [0.25, 0.3) is 0 Å². The van der Waals surface area contributed by atoms with Crippen molar-refractivity contribution in [3.05, 3.63) is 29.8 Å². The fourth-order valence-corrected chi connectivity index (χ4v) is 3.07. The summed E-state index contributed by atoms with van der Waals surface area (Å²) >= 11 is 0. The summed E-state index contributed by atoms with van der Waals surface area (Å²) in [5.74, 6) is 0.743. The summed E-state index contributed by atoms with van der Waals surface area (Å²) in [4.78, 5) is 38.6. The van der Waals surface area contributed by atoms with Gasteiger partial charge in [-0.2, -0.15) is 0 Å². The number of nitrogens with zero attached hydrogens (tertiary/aromatic N) is 1. The molecule has 0 unspecified atom stereocenters. The fourth-order valence-electron chi connectivity index (χ4n) is 3.07. The number of carbonyl (C=O) groups excluding carboxylic acids is 3. The van der Waals surface area contributed by atoms with E-state index >= 15 is 0 Å². The minimum atomic E-state index is -0.455. The molecule has 142 valence electrons. The standard InChI is InChI=1S/C20H28N2O4/c1-14(2)6-11-18(23)21-13-19(24)22-12-4-5-17(22)20(25)15-7-9-16(26-3)10-8-15/h7-10,14,17H,4-6,11-13H2,1-3H3,(H,21,23)/t17-/m0/s1. The van der Waals surface area contributed by atoms with Crippen molar-refractivity contribution in [2.24, 2.45) is 5.92 Å². The van der Waals surface area contributed by atoms with Crippen LogP contribution in [0.4, 0.5) is 0 Å². The van der Waals surface area contributed by atoms with Crippen molar-refractivity contribution in [1.82, 2.24) is 10.2 Å². The molecule has 6 nitrogen and oxygen atoms in total. The van der Waals surface area contributed by atoms with Crippen LogP contribution in [-0.4, -0.2) is 48.7 Å². The van der Waals surface area contributed by atoms with Crippen molar-refractivity contribution in [3.63, 3.8) is 0 Å². The molecular formula is C20H28N2O4. The Morgan fingerprint density at radius 2 is 1.92 bits per heavy atom. The molecule has 6 heteroatoms. The molecule has 0 aromatic heterocycles. The first-order chi connectivity index (χ1) is 12.4. The van der Waals surface area contributed by atoms with Crippen molar-refractivity contribution in [1.29, 1.82) is 0 Å². The van der Waals surface area contributed by atoms with Crippen LogP contribution in [0.3, 0.4) is 0 Å². The molecule has 1 saturated heterocycles. The topological polar surface area (TPSA) is 75.7 Å². The van der Waals surface area contributed by atoms with Gasteiger partial charge in [-0.25, -0.2) is 0 Å². The van der Waals surface area contributed by atoms with Gasteiger partial charge in [0.25, 0.3) is 0 Å². The molecule has 1 aromatic carbocycles. The number of nitrogens with one attached hydrogen (secondary N) is 1. The van der Waals surface area contributed by atoms with Gasteiger partial charge < -0.3 is 15.0 Å². The molecule has 1 atom stereocenters. The fraction of sp³-hybridized carbons (Fsp3) is 0.550. The monoisotopic (exact) mass is 360 g/mol. The van der Waals surface area contributed by atoms with Crippen molar-refractivity contribution in [2.45, 2.75) is 45.6 Å². The Kier molecular flexibility index (Phi) is 7.18. The van der Waals surface area contributed by atoms with Crippen LogP contribution >= 0.6 is 0 Å². The molecule has 1 aliphatic rings. The van der Waals surface area contributed by atoms with Crippen LogP contribution in [0.1, 0.15) is 49.9 Å². The van der Waals surface area contributed by atoms with E-state index in [1.807, 2.05) is 0 Å². The lowest BCUT2D eigenvalue weighted by atomic mass is 10.0. The largest absolute Gasteiger partial charge is 0.497 e. The molecule has 26 heavy (non-hydrogen) atoms. The molecule has 1 N–H and O–H groups in total. The van der Waals surface area contributed by atoms with Gasteiger partial charge in [-0.05, 0) is 49.4 Å². The van der Waals surface area contributed by atoms with Crippen LogP contribution in [0.5, 0.6) is 5.75 Å². The smallest absolute Gasteiger partial charge is 0.242 e. The van der Waals surface area contributed by atoms with Gasteiger partial charge in [-0.15, -0.1) is 0 Å². The third kappa shape index (κ3) is 5.31. The average molecular weight is 360 g/mol. The average Bonchev–Trinajstić information content (AvgIpc) is 3.13.